The van der Waals surface area contributed by atoms with Crippen molar-refractivity contribution in [1.29, 1.82) is 0 Å². The van der Waals surface area contributed by atoms with Gasteiger partial charge in [-0.15, -0.1) is 0 Å². The van der Waals surface area contributed by atoms with Crippen LogP contribution in [0.5, 0.6) is 0 Å². The van der Waals surface area contributed by atoms with Crippen LogP contribution in [0.2, 0.25) is 0 Å². The fraction of sp³-hybridized carbons (Fsp3) is 0.611. The summed E-state index contributed by atoms with van der Waals surface area (Å²) in [7, 11) is 1.92. The first-order valence-corrected chi connectivity index (χ1v) is 7.89. The molecule has 0 bridgehead atoms. The second-order valence-electron chi connectivity index (χ2n) is 7.29. The Labute approximate surface area is 128 Å². The van der Waals surface area contributed by atoms with Crippen LogP contribution in [-0.2, 0) is 11.2 Å². The standard InChI is InChI=1S/C18H28N2O/c1-18(2,3)16(19)12-17(21)20(4)15-11-7-9-13-8-5-6-10-14(13)15/h5-6,8,10,15-16H,7,9,11-12,19H2,1-4H3. The van der Waals surface area contributed by atoms with Crippen molar-refractivity contribution in [3.05, 3.63) is 35.4 Å². The lowest BCUT2D eigenvalue weighted by atomic mass is 9.84. The Kier molecular flexibility index (Phi) is 4.72. The summed E-state index contributed by atoms with van der Waals surface area (Å²) in [6.07, 6.45) is 3.73. The Morgan fingerprint density at radius 1 is 1.38 bits per heavy atom. The molecule has 0 aliphatic heterocycles. The second-order valence-corrected chi connectivity index (χ2v) is 7.29. The molecule has 2 unspecified atom stereocenters. The van der Waals surface area contributed by atoms with Crippen LogP contribution in [0, 0.1) is 5.41 Å². The fourth-order valence-corrected chi connectivity index (χ4v) is 2.94. The number of benzene rings is 1. The van der Waals surface area contributed by atoms with E-state index in [4.69, 9.17) is 5.73 Å². The molecule has 3 heteroatoms. The minimum absolute atomic E-state index is 0.0407. The molecule has 1 aromatic carbocycles. The molecule has 1 amide bonds. The molecule has 116 valence electrons. The van der Waals surface area contributed by atoms with Gasteiger partial charge in [0.15, 0.2) is 0 Å². The van der Waals surface area contributed by atoms with E-state index in [0.717, 1.165) is 19.3 Å². The highest BCUT2D eigenvalue weighted by Crippen LogP contribution is 2.34. The van der Waals surface area contributed by atoms with Gasteiger partial charge in [-0.3, -0.25) is 4.79 Å². The van der Waals surface area contributed by atoms with Crippen LogP contribution in [0.15, 0.2) is 24.3 Å². The Hall–Kier alpha value is -1.35. The van der Waals surface area contributed by atoms with Crippen molar-refractivity contribution >= 4 is 5.91 Å². The topological polar surface area (TPSA) is 46.3 Å². The Morgan fingerprint density at radius 2 is 2.05 bits per heavy atom. The molecular weight excluding hydrogens is 260 g/mol. The molecule has 2 rings (SSSR count). The number of hydrogen-bond donors (Lipinski definition) is 1. The van der Waals surface area contributed by atoms with Crippen LogP contribution in [0.3, 0.4) is 0 Å². The lowest BCUT2D eigenvalue weighted by Gasteiger charge is -2.35. The average Bonchev–Trinajstić information content (AvgIpc) is 2.44. The molecule has 3 nitrogen and oxygen atoms in total. The molecule has 21 heavy (non-hydrogen) atoms. The summed E-state index contributed by atoms with van der Waals surface area (Å²) in [6.45, 7) is 6.25. The SMILES string of the molecule is CN(C(=O)CC(N)C(C)(C)C)C1CCCc2ccccc21. The summed E-state index contributed by atoms with van der Waals surface area (Å²) in [6, 6.07) is 8.59. The maximum Gasteiger partial charge on any atom is 0.224 e. The van der Waals surface area contributed by atoms with Gasteiger partial charge >= 0.3 is 0 Å². The van der Waals surface area contributed by atoms with Gasteiger partial charge in [-0.25, -0.2) is 0 Å². The Morgan fingerprint density at radius 3 is 2.71 bits per heavy atom. The van der Waals surface area contributed by atoms with Crippen molar-refractivity contribution in [1.82, 2.24) is 4.90 Å². The summed E-state index contributed by atoms with van der Waals surface area (Å²) in [4.78, 5) is 14.5. The van der Waals surface area contributed by atoms with E-state index in [1.807, 2.05) is 11.9 Å². The predicted molar refractivity (Wildman–Crippen MR) is 86.9 cm³/mol. The molecule has 1 aliphatic rings. The van der Waals surface area contributed by atoms with Crippen molar-refractivity contribution in [2.24, 2.45) is 11.1 Å². The van der Waals surface area contributed by atoms with E-state index < -0.39 is 0 Å². The van der Waals surface area contributed by atoms with Crippen molar-refractivity contribution in [2.75, 3.05) is 7.05 Å². The minimum atomic E-state index is -0.105. The maximum atomic E-state index is 12.6. The van der Waals surface area contributed by atoms with Crippen LogP contribution < -0.4 is 5.73 Å². The monoisotopic (exact) mass is 288 g/mol. The quantitative estimate of drug-likeness (QED) is 0.927. The number of nitrogens with zero attached hydrogens (tertiary/aromatic N) is 1. The Balaban J connectivity index is 2.10. The van der Waals surface area contributed by atoms with Crippen molar-refractivity contribution in [2.45, 2.75) is 58.5 Å². The van der Waals surface area contributed by atoms with Crippen LogP contribution in [0.1, 0.15) is 57.2 Å². The number of nitrogens with two attached hydrogens (primary N) is 1. The molecule has 1 aromatic rings. The average molecular weight is 288 g/mol. The van der Waals surface area contributed by atoms with Gasteiger partial charge in [0, 0.05) is 19.5 Å². The zero-order valence-corrected chi connectivity index (χ0v) is 13.7. The number of aryl methyl sites for hydroxylation is 1. The van der Waals surface area contributed by atoms with Gasteiger partial charge in [0.1, 0.15) is 0 Å². The van der Waals surface area contributed by atoms with Crippen molar-refractivity contribution in [3.8, 4) is 0 Å². The van der Waals surface area contributed by atoms with Crippen LogP contribution >= 0.6 is 0 Å². The Bertz CT molecular complexity index is 504. The molecule has 0 saturated heterocycles. The number of carbonyl (C=O) groups excluding carboxylic acids is 1. The normalized spacial score (nSPS) is 19.8. The van der Waals surface area contributed by atoms with E-state index >= 15 is 0 Å². The number of hydrogen-bond acceptors (Lipinski definition) is 2. The molecular formula is C18H28N2O. The van der Waals surface area contributed by atoms with Crippen molar-refractivity contribution < 1.29 is 4.79 Å². The van der Waals surface area contributed by atoms with E-state index in [-0.39, 0.29) is 23.4 Å². The van der Waals surface area contributed by atoms with Gasteiger partial charge < -0.3 is 10.6 Å². The van der Waals surface area contributed by atoms with E-state index in [1.165, 1.54) is 11.1 Å². The van der Waals surface area contributed by atoms with Gasteiger partial charge in [-0.2, -0.15) is 0 Å². The van der Waals surface area contributed by atoms with E-state index in [1.54, 1.807) is 0 Å². The summed E-state index contributed by atoms with van der Waals surface area (Å²) < 4.78 is 0. The van der Waals surface area contributed by atoms with Gasteiger partial charge in [-0.1, -0.05) is 45.0 Å². The number of amides is 1. The van der Waals surface area contributed by atoms with Crippen LogP contribution in [-0.4, -0.2) is 23.9 Å². The largest absolute Gasteiger partial charge is 0.339 e. The number of fused-ring (bicyclic) bond motifs is 1. The van der Waals surface area contributed by atoms with Gasteiger partial charge in [-0.05, 0) is 35.8 Å². The zero-order chi connectivity index (χ0) is 15.6. The number of carbonyl (C=O) groups is 1. The van der Waals surface area contributed by atoms with Gasteiger partial charge in [0.25, 0.3) is 0 Å². The van der Waals surface area contributed by atoms with Crippen molar-refractivity contribution in [3.63, 3.8) is 0 Å². The van der Waals surface area contributed by atoms with E-state index in [0.29, 0.717) is 6.42 Å². The highest BCUT2D eigenvalue weighted by Gasteiger charge is 2.29. The molecule has 0 fully saturated rings. The second kappa shape index (κ2) is 6.18. The first-order chi connectivity index (χ1) is 9.80. The lowest BCUT2D eigenvalue weighted by molar-refractivity contribution is -0.133. The fourth-order valence-electron chi connectivity index (χ4n) is 2.94. The van der Waals surface area contributed by atoms with E-state index in [2.05, 4.69) is 45.0 Å². The van der Waals surface area contributed by atoms with Crippen LogP contribution in [0.4, 0.5) is 0 Å². The third kappa shape index (κ3) is 3.65. The smallest absolute Gasteiger partial charge is 0.224 e. The molecule has 0 spiro atoms. The summed E-state index contributed by atoms with van der Waals surface area (Å²) >= 11 is 0. The molecule has 0 radical (unpaired) electrons. The minimum Gasteiger partial charge on any atom is -0.339 e. The molecule has 0 saturated carbocycles. The summed E-state index contributed by atoms with van der Waals surface area (Å²) in [5.74, 6) is 0.152. The highest BCUT2D eigenvalue weighted by atomic mass is 16.2. The van der Waals surface area contributed by atoms with Gasteiger partial charge in [0.2, 0.25) is 5.91 Å². The zero-order valence-electron chi connectivity index (χ0n) is 13.7. The molecule has 2 atom stereocenters. The van der Waals surface area contributed by atoms with Crippen LogP contribution in [0.25, 0.3) is 0 Å². The number of rotatable bonds is 3. The first-order valence-electron chi connectivity index (χ1n) is 7.89. The first kappa shape index (κ1) is 16.0. The molecule has 1 aliphatic carbocycles. The van der Waals surface area contributed by atoms with Gasteiger partial charge in [0.05, 0.1) is 6.04 Å². The molecule has 0 aromatic heterocycles. The maximum absolute atomic E-state index is 12.6. The third-order valence-electron chi connectivity index (χ3n) is 4.71. The predicted octanol–water partition coefficient (Wildman–Crippen LogP) is 3.29. The van der Waals surface area contributed by atoms with E-state index in [9.17, 15) is 4.79 Å². The molecule has 2 N–H and O–H groups in total. The summed E-state index contributed by atoms with van der Waals surface area (Å²) in [5.41, 5.74) is 8.82. The molecule has 0 heterocycles. The lowest BCUT2D eigenvalue weighted by Crippen LogP contribution is -2.42. The summed E-state index contributed by atoms with van der Waals surface area (Å²) in [5, 5.41) is 0. The third-order valence-corrected chi connectivity index (χ3v) is 4.71. The highest BCUT2D eigenvalue weighted by molar-refractivity contribution is 5.77.